The van der Waals surface area contributed by atoms with Gasteiger partial charge in [-0.3, -0.25) is 24.1 Å². The first-order valence-electron chi connectivity index (χ1n) is 20.7. The highest BCUT2D eigenvalue weighted by Crippen LogP contribution is 2.63. The van der Waals surface area contributed by atoms with E-state index in [0.29, 0.717) is 58.3 Å². The Balaban J connectivity index is 0.960. The molecule has 322 valence electrons. The quantitative estimate of drug-likeness (QED) is 0.114. The van der Waals surface area contributed by atoms with Crippen LogP contribution in [0.5, 0.6) is 23.0 Å². The Labute approximate surface area is 357 Å². The topological polar surface area (TPSA) is 93.2 Å². The number of aryl methyl sites for hydroxylation is 1. The van der Waals surface area contributed by atoms with Crippen molar-refractivity contribution in [2.45, 2.75) is 68.6 Å². The number of ether oxygens (including phenoxy) is 2. The maximum absolute atomic E-state index is 14.8. The first kappa shape index (κ1) is 40.6. The number of anilines is 1. The Morgan fingerprint density at radius 3 is 1.54 bits per heavy atom. The Bertz CT molecular complexity index is 2710. The van der Waals surface area contributed by atoms with Crippen molar-refractivity contribution in [2.24, 2.45) is 17.8 Å². The van der Waals surface area contributed by atoms with Crippen LogP contribution in [0.1, 0.15) is 102 Å². The molecule has 2 heterocycles. The molecule has 6 aliphatic rings. The van der Waals surface area contributed by atoms with Crippen LogP contribution in [0.2, 0.25) is 0 Å². The molecule has 4 bridgehead atoms. The lowest BCUT2D eigenvalue weighted by molar-refractivity contribution is -0.288. The van der Waals surface area contributed by atoms with E-state index in [1.54, 1.807) is 37.3 Å². The monoisotopic (exact) mass is 864 g/mol. The van der Waals surface area contributed by atoms with Crippen LogP contribution in [0.3, 0.4) is 0 Å². The van der Waals surface area contributed by atoms with E-state index in [-0.39, 0.29) is 39.4 Å². The molecule has 5 aromatic carbocycles. The summed E-state index contributed by atoms with van der Waals surface area (Å²) in [5.41, 5.74) is -5.07. The third-order valence-electron chi connectivity index (χ3n) is 13.8. The Morgan fingerprint density at radius 1 is 0.540 bits per heavy atom. The van der Waals surface area contributed by atoms with Gasteiger partial charge in [-0.15, -0.1) is 0 Å². The highest BCUT2D eigenvalue weighted by Gasteiger charge is 2.72. The van der Waals surface area contributed by atoms with Gasteiger partial charge in [0.05, 0.1) is 27.9 Å². The fourth-order valence-electron chi connectivity index (χ4n) is 11.3. The minimum Gasteiger partial charge on any atom is -0.457 e. The van der Waals surface area contributed by atoms with Crippen LogP contribution in [0.4, 0.5) is 32.0 Å². The Hall–Kier alpha value is -6.44. The lowest BCUT2D eigenvalue weighted by Crippen LogP contribution is -2.54. The summed E-state index contributed by atoms with van der Waals surface area (Å²) >= 11 is 0. The van der Waals surface area contributed by atoms with Crippen molar-refractivity contribution in [3.05, 3.63) is 148 Å². The highest BCUT2D eigenvalue weighted by atomic mass is 19.4. The summed E-state index contributed by atoms with van der Waals surface area (Å²) in [7, 11) is 1.43. The van der Waals surface area contributed by atoms with E-state index in [1.807, 2.05) is 6.07 Å². The number of rotatable bonds is 8. The summed E-state index contributed by atoms with van der Waals surface area (Å²) in [5, 5.41) is 0. The zero-order chi connectivity index (χ0) is 44.4. The van der Waals surface area contributed by atoms with Gasteiger partial charge >= 0.3 is 12.4 Å². The number of hydrogen-bond donors (Lipinski definition) is 0. The van der Waals surface area contributed by atoms with Crippen molar-refractivity contribution in [3.63, 3.8) is 0 Å². The van der Waals surface area contributed by atoms with Crippen LogP contribution < -0.4 is 14.4 Å². The van der Waals surface area contributed by atoms with Crippen LogP contribution in [0.15, 0.2) is 103 Å². The molecule has 11 rings (SSSR count). The number of alkyl halides is 6. The second kappa shape index (κ2) is 14.0. The average molecular weight is 865 g/mol. The maximum Gasteiger partial charge on any atom is 0.411 e. The van der Waals surface area contributed by atoms with Crippen molar-refractivity contribution in [2.75, 3.05) is 11.9 Å². The van der Waals surface area contributed by atoms with E-state index >= 15 is 0 Å². The number of amides is 4. The van der Waals surface area contributed by atoms with E-state index in [1.165, 1.54) is 56.6 Å². The molecule has 14 heteroatoms. The Morgan fingerprint density at radius 2 is 0.984 bits per heavy atom. The van der Waals surface area contributed by atoms with Gasteiger partial charge in [-0.2, -0.15) is 26.3 Å². The van der Waals surface area contributed by atoms with Gasteiger partial charge in [0.25, 0.3) is 23.6 Å². The summed E-state index contributed by atoms with van der Waals surface area (Å²) in [4.78, 5) is 54.6. The number of hydrogen-bond acceptors (Lipinski definition) is 6. The van der Waals surface area contributed by atoms with Gasteiger partial charge in [0, 0.05) is 12.6 Å². The summed E-state index contributed by atoms with van der Waals surface area (Å²) in [6.45, 7) is 1.54. The van der Waals surface area contributed by atoms with Gasteiger partial charge in [0.2, 0.25) is 5.41 Å². The summed E-state index contributed by atoms with van der Waals surface area (Å²) in [6, 6.07) is 21.6. The normalized spacial score (nSPS) is 22.8. The molecule has 0 spiro atoms. The summed E-state index contributed by atoms with van der Waals surface area (Å²) in [6.07, 6.45) is -5.18. The van der Waals surface area contributed by atoms with Gasteiger partial charge in [-0.1, -0.05) is 42.0 Å². The van der Waals surface area contributed by atoms with Crippen molar-refractivity contribution >= 4 is 29.3 Å². The van der Waals surface area contributed by atoms with Crippen LogP contribution in [0, 0.1) is 24.7 Å². The van der Waals surface area contributed by atoms with E-state index in [4.69, 9.17) is 9.47 Å². The van der Waals surface area contributed by atoms with Gasteiger partial charge in [-0.25, -0.2) is 4.90 Å². The summed E-state index contributed by atoms with van der Waals surface area (Å²) < 4.78 is 101. The number of nitrogens with zero attached hydrogens (tertiary/aromatic N) is 2. The predicted octanol–water partition coefficient (Wildman–Crippen LogP) is 11.5. The van der Waals surface area contributed by atoms with E-state index in [0.717, 1.165) is 58.9 Å². The maximum atomic E-state index is 14.8. The lowest BCUT2D eigenvalue weighted by Gasteiger charge is -2.57. The van der Waals surface area contributed by atoms with E-state index in [2.05, 4.69) is 0 Å². The Kier molecular flexibility index (Phi) is 9.05. The first-order valence-corrected chi connectivity index (χ1v) is 20.7. The molecule has 5 aromatic rings. The fraction of sp³-hybridized carbons (Fsp3) is 0.306. The number of carbonyl (C=O) groups excluding carboxylic acids is 4. The van der Waals surface area contributed by atoms with Crippen LogP contribution in [-0.2, 0) is 10.8 Å². The third kappa shape index (κ3) is 6.26. The zero-order valence-corrected chi connectivity index (χ0v) is 33.9. The molecule has 0 atom stereocenters. The van der Waals surface area contributed by atoms with Crippen molar-refractivity contribution in [3.8, 4) is 23.0 Å². The van der Waals surface area contributed by atoms with Crippen LogP contribution in [0.25, 0.3) is 0 Å². The summed E-state index contributed by atoms with van der Waals surface area (Å²) in [5.74, 6) is 0.903. The molecule has 4 amide bonds. The van der Waals surface area contributed by atoms with Crippen molar-refractivity contribution in [1.29, 1.82) is 0 Å². The van der Waals surface area contributed by atoms with Crippen molar-refractivity contribution < 1.29 is 55.0 Å². The van der Waals surface area contributed by atoms with E-state index < -0.39 is 46.6 Å². The van der Waals surface area contributed by atoms with Crippen LogP contribution >= 0.6 is 0 Å². The number of halogens is 6. The smallest absolute Gasteiger partial charge is 0.411 e. The SMILES string of the molecule is Cc1ccc(C(c2ccc(N3C(=O)c4ccc(Oc5ccc(Oc6ccc7c(c6)C(=O)N(C)C7=O)cc5C56CC7CC(CC(C7)C5)C6)cc4C3=O)cc2)(C(F)(F)F)C(F)(F)F)cc1. The number of carbonyl (C=O) groups is 4. The average Bonchev–Trinajstić information content (AvgIpc) is 3.60. The minimum atomic E-state index is -5.80. The molecule has 0 unspecified atom stereocenters. The van der Waals surface area contributed by atoms with Crippen LogP contribution in [-0.4, -0.2) is 47.9 Å². The van der Waals surface area contributed by atoms with Gasteiger partial charge < -0.3 is 9.47 Å². The molecular formula is C49H38F6N2O6. The molecule has 0 aromatic heterocycles. The van der Waals surface area contributed by atoms with Gasteiger partial charge in [0.1, 0.15) is 23.0 Å². The van der Waals surface area contributed by atoms with E-state index in [9.17, 15) is 45.5 Å². The molecule has 4 aliphatic carbocycles. The molecule has 4 fully saturated rings. The second-order valence-electron chi connectivity index (χ2n) is 17.7. The highest BCUT2D eigenvalue weighted by molar-refractivity contribution is 6.34. The van der Waals surface area contributed by atoms with Gasteiger partial charge in [-0.05, 0) is 146 Å². The second-order valence-corrected chi connectivity index (χ2v) is 17.7. The molecule has 2 aliphatic heterocycles. The zero-order valence-electron chi connectivity index (χ0n) is 33.9. The third-order valence-corrected chi connectivity index (χ3v) is 13.8. The molecule has 63 heavy (non-hydrogen) atoms. The fourth-order valence-corrected chi connectivity index (χ4v) is 11.3. The molecule has 0 saturated heterocycles. The molecule has 4 saturated carbocycles. The molecular weight excluding hydrogens is 827 g/mol. The van der Waals surface area contributed by atoms with Crippen molar-refractivity contribution in [1.82, 2.24) is 4.90 Å². The molecule has 0 radical (unpaired) electrons. The van der Waals surface area contributed by atoms with Gasteiger partial charge in [0.15, 0.2) is 0 Å². The largest absolute Gasteiger partial charge is 0.457 e. The molecule has 0 N–H and O–H groups in total. The minimum absolute atomic E-state index is 0.0122. The number of benzene rings is 5. The predicted molar refractivity (Wildman–Crippen MR) is 217 cm³/mol. The number of imide groups is 2. The lowest BCUT2D eigenvalue weighted by atomic mass is 9.48. The molecule has 8 nitrogen and oxygen atoms in total. The standard InChI is InChI=1S/C49H38F6N2O6/c1-26-3-5-30(6-4-26)47(48(50,51)52,49(53,54)55)31-7-9-32(10-8-31)57-44(60)37-15-12-34(21-39(37)45(57)61)63-41-16-13-35(62-33-11-14-36-38(20-33)43(59)56(2)42(36)58)22-40(41)46-23-27-17-28(24-46)19-29(18-27)25-46/h3-16,20-22,27-29H,17-19,23-25H2,1-2H3. The number of fused-ring (bicyclic) bond motifs is 2. The first-order chi connectivity index (χ1) is 29.9.